The highest BCUT2D eigenvalue weighted by Gasteiger charge is 2.28. The second-order valence-electron chi connectivity index (χ2n) is 8.88. The maximum absolute atomic E-state index is 12.8. The number of nitro groups is 1. The Kier molecular flexibility index (Phi) is 6.85. The summed E-state index contributed by atoms with van der Waals surface area (Å²) >= 11 is 0. The summed E-state index contributed by atoms with van der Waals surface area (Å²) in [5.41, 5.74) is 0.394. The summed E-state index contributed by atoms with van der Waals surface area (Å²) in [4.78, 5) is 25.7. The molecule has 1 aliphatic heterocycles. The van der Waals surface area contributed by atoms with E-state index >= 15 is 0 Å². The normalized spacial score (nSPS) is 15.4. The van der Waals surface area contributed by atoms with Gasteiger partial charge in [-0.25, -0.2) is 13.1 Å². The summed E-state index contributed by atoms with van der Waals surface area (Å²) in [5, 5.41) is 14.1. The average Bonchev–Trinajstić information content (AvgIpc) is 2.72. The summed E-state index contributed by atoms with van der Waals surface area (Å²) in [6.45, 7) is 6.31. The fraction of sp³-hybridized carbons (Fsp3) is 0.409. The Morgan fingerprint density at radius 1 is 1.09 bits per heavy atom. The van der Waals surface area contributed by atoms with Crippen LogP contribution in [0.4, 0.5) is 17.1 Å². The van der Waals surface area contributed by atoms with E-state index in [9.17, 15) is 23.3 Å². The molecule has 0 unspecified atom stereocenters. The van der Waals surface area contributed by atoms with E-state index in [1.165, 1.54) is 18.2 Å². The number of nitrogens with one attached hydrogen (secondary N) is 2. The van der Waals surface area contributed by atoms with Crippen molar-refractivity contribution in [3.05, 3.63) is 58.6 Å². The largest absolute Gasteiger partial charge is 0.366 e. The predicted octanol–water partition coefficient (Wildman–Crippen LogP) is 3.53. The van der Waals surface area contributed by atoms with Gasteiger partial charge in [0, 0.05) is 36.3 Å². The van der Waals surface area contributed by atoms with Gasteiger partial charge < -0.3 is 10.2 Å². The second kappa shape index (κ2) is 9.25. The molecule has 0 aliphatic carbocycles. The van der Waals surface area contributed by atoms with Gasteiger partial charge in [-0.05, 0) is 57.9 Å². The first-order valence-corrected chi connectivity index (χ1v) is 11.9. The van der Waals surface area contributed by atoms with E-state index in [4.69, 9.17) is 0 Å². The van der Waals surface area contributed by atoms with Crippen molar-refractivity contribution in [1.29, 1.82) is 0 Å². The number of nitro benzene ring substituents is 1. The van der Waals surface area contributed by atoms with E-state index in [-0.39, 0.29) is 22.4 Å². The summed E-state index contributed by atoms with van der Waals surface area (Å²) < 4.78 is 27.7. The molecule has 1 heterocycles. The predicted molar refractivity (Wildman–Crippen MR) is 123 cm³/mol. The molecule has 1 amide bonds. The highest BCUT2D eigenvalue weighted by atomic mass is 32.2. The number of hydrogen-bond donors (Lipinski definition) is 2. The van der Waals surface area contributed by atoms with E-state index in [1.54, 1.807) is 51.1 Å². The van der Waals surface area contributed by atoms with Gasteiger partial charge in [-0.3, -0.25) is 14.9 Å². The van der Waals surface area contributed by atoms with Gasteiger partial charge in [0.1, 0.15) is 5.69 Å². The Balaban J connectivity index is 1.64. The lowest BCUT2D eigenvalue weighted by atomic mass is 9.95. The van der Waals surface area contributed by atoms with Crippen LogP contribution in [0.2, 0.25) is 0 Å². The lowest BCUT2D eigenvalue weighted by molar-refractivity contribution is -0.384. The fourth-order valence-corrected chi connectivity index (χ4v) is 5.18. The van der Waals surface area contributed by atoms with E-state index in [1.807, 2.05) is 4.90 Å². The van der Waals surface area contributed by atoms with Gasteiger partial charge in [0.25, 0.3) is 5.69 Å². The molecule has 0 atom stereocenters. The summed E-state index contributed by atoms with van der Waals surface area (Å²) in [5.74, 6) is -0.451. The number of amides is 1. The minimum atomic E-state index is -3.71. The van der Waals surface area contributed by atoms with Crippen LogP contribution in [0.5, 0.6) is 0 Å². The Labute approximate surface area is 188 Å². The molecule has 1 fully saturated rings. The monoisotopic (exact) mass is 460 g/mol. The molecular formula is C22H28N4O5S. The van der Waals surface area contributed by atoms with E-state index in [0.29, 0.717) is 37.3 Å². The van der Waals surface area contributed by atoms with Crippen molar-refractivity contribution >= 4 is 33.0 Å². The fourth-order valence-electron chi connectivity index (χ4n) is 3.72. The standard InChI is InChI=1S/C22H28N4O5S/c1-22(2,3)24-32(30,31)18-8-6-7-17(15-18)23-21(27)16-11-13-25(14-12-16)19-9-4-5-10-20(19)26(28)29/h4-10,15-16,24H,11-14H2,1-3H3,(H,23,27). The molecular weight excluding hydrogens is 432 g/mol. The molecule has 1 aliphatic rings. The molecule has 2 N–H and O–H groups in total. The zero-order valence-electron chi connectivity index (χ0n) is 18.4. The zero-order chi connectivity index (χ0) is 23.5. The van der Waals surface area contributed by atoms with Crippen LogP contribution in [0, 0.1) is 16.0 Å². The molecule has 3 rings (SSSR count). The summed E-state index contributed by atoms with van der Waals surface area (Å²) in [7, 11) is -3.71. The summed E-state index contributed by atoms with van der Waals surface area (Å²) in [6, 6.07) is 12.7. The maximum atomic E-state index is 12.8. The molecule has 1 saturated heterocycles. The van der Waals surface area contributed by atoms with Gasteiger partial charge in [-0.15, -0.1) is 0 Å². The molecule has 2 aromatic carbocycles. The summed E-state index contributed by atoms with van der Waals surface area (Å²) in [6.07, 6.45) is 1.09. The van der Waals surface area contributed by atoms with Crippen molar-refractivity contribution in [3.63, 3.8) is 0 Å². The van der Waals surface area contributed by atoms with Crippen LogP contribution < -0.4 is 14.9 Å². The highest BCUT2D eigenvalue weighted by Crippen LogP contribution is 2.31. The first-order valence-electron chi connectivity index (χ1n) is 10.4. The zero-order valence-corrected chi connectivity index (χ0v) is 19.2. The van der Waals surface area contributed by atoms with Crippen LogP contribution in [0.1, 0.15) is 33.6 Å². The van der Waals surface area contributed by atoms with Crippen molar-refractivity contribution in [2.45, 2.75) is 44.0 Å². The molecule has 0 radical (unpaired) electrons. The third-order valence-electron chi connectivity index (χ3n) is 5.14. The average molecular weight is 461 g/mol. The number of hydrogen-bond acceptors (Lipinski definition) is 6. The maximum Gasteiger partial charge on any atom is 0.292 e. The van der Waals surface area contributed by atoms with Crippen molar-refractivity contribution in [1.82, 2.24) is 4.72 Å². The molecule has 10 heteroatoms. The number of carbonyl (C=O) groups is 1. The third kappa shape index (κ3) is 5.83. The molecule has 32 heavy (non-hydrogen) atoms. The van der Waals surface area contributed by atoms with E-state index < -0.39 is 20.5 Å². The van der Waals surface area contributed by atoms with Crippen LogP contribution >= 0.6 is 0 Å². The Morgan fingerprint density at radius 2 is 1.75 bits per heavy atom. The molecule has 0 aromatic heterocycles. The molecule has 0 bridgehead atoms. The van der Waals surface area contributed by atoms with Crippen LogP contribution in [-0.4, -0.2) is 37.9 Å². The second-order valence-corrected chi connectivity index (χ2v) is 10.6. The number of anilines is 2. The number of para-hydroxylation sites is 2. The lowest BCUT2D eigenvalue weighted by Gasteiger charge is -2.32. The number of sulfonamides is 1. The smallest absolute Gasteiger partial charge is 0.292 e. The van der Waals surface area contributed by atoms with Crippen LogP contribution in [0.15, 0.2) is 53.4 Å². The molecule has 172 valence electrons. The minimum absolute atomic E-state index is 0.0530. The molecule has 0 saturated carbocycles. The minimum Gasteiger partial charge on any atom is -0.366 e. The Bertz CT molecular complexity index is 1100. The van der Waals surface area contributed by atoms with Gasteiger partial charge in [0.2, 0.25) is 15.9 Å². The van der Waals surface area contributed by atoms with E-state index in [0.717, 1.165) is 0 Å². The number of carbonyl (C=O) groups excluding carboxylic acids is 1. The number of rotatable bonds is 6. The van der Waals surface area contributed by atoms with Crippen LogP contribution in [0.3, 0.4) is 0 Å². The first kappa shape index (κ1) is 23.7. The van der Waals surface area contributed by atoms with Crippen molar-refractivity contribution in [2.75, 3.05) is 23.3 Å². The Morgan fingerprint density at radius 3 is 2.38 bits per heavy atom. The molecule has 9 nitrogen and oxygen atoms in total. The molecule has 0 spiro atoms. The van der Waals surface area contributed by atoms with Gasteiger partial charge in [-0.1, -0.05) is 18.2 Å². The van der Waals surface area contributed by atoms with Crippen molar-refractivity contribution in [3.8, 4) is 0 Å². The van der Waals surface area contributed by atoms with Gasteiger partial charge in [-0.2, -0.15) is 0 Å². The van der Waals surface area contributed by atoms with Gasteiger partial charge in [0.15, 0.2) is 0 Å². The van der Waals surface area contributed by atoms with Crippen LogP contribution in [0.25, 0.3) is 0 Å². The number of piperidine rings is 1. The van der Waals surface area contributed by atoms with Gasteiger partial charge >= 0.3 is 0 Å². The molecule has 2 aromatic rings. The van der Waals surface area contributed by atoms with E-state index in [2.05, 4.69) is 10.0 Å². The van der Waals surface area contributed by atoms with Crippen molar-refractivity contribution in [2.24, 2.45) is 5.92 Å². The van der Waals surface area contributed by atoms with Gasteiger partial charge in [0.05, 0.1) is 9.82 Å². The third-order valence-corrected chi connectivity index (χ3v) is 6.89. The van der Waals surface area contributed by atoms with Crippen molar-refractivity contribution < 1.29 is 18.1 Å². The quantitative estimate of drug-likeness (QED) is 0.502. The first-order chi connectivity index (χ1) is 15.0. The van der Waals surface area contributed by atoms with Crippen LogP contribution in [-0.2, 0) is 14.8 Å². The number of nitrogens with zero attached hydrogens (tertiary/aromatic N) is 2. The topological polar surface area (TPSA) is 122 Å². The lowest BCUT2D eigenvalue weighted by Crippen LogP contribution is -2.40. The Hall–Kier alpha value is -2.98. The SMILES string of the molecule is CC(C)(C)NS(=O)(=O)c1cccc(NC(=O)C2CCN(c3ccccc3[N+](=O)[O-])CC2)c1. The highest BCUT2D eigenvalue weighted by molar-refractivity contribution is 7.89. The number of benzene rings is 2.